The summed E-state index contributed by atoms with van der Waals surface area (Å²) in [6.45, 7) is 0. The zero-order valence-electron chi connectivity index (χ0n) is 14.0. The molecule has 3 rings (SSSR count). The van der Waals surface area contributed by atoms with E-state index < -0.39 is 38.5 Å². The van der Waals surface area contributed by atoms with Gasteiger partial charge in [0.1, 0.15) is 22.3 Å². The molecule has 3 aromatic rings. The third kappa shape index (κ3) is 4.33. The predicted molar refractivity (Wildman–Crippen MR) is 94.9 cm³/mol. The number of alkyl halides is 3. The maximum Gasteiger partial charge on any atom is 0.573 e. The molecule has 0 spiro atoms. The van der Waals surface area contributed by atoms with Gasteiger partial charge in [-0.3, -0.25) is 0 Å². The minimum absolute atomic E-state index is 0.0563. The number of rotatable bonds is 4. The van der Waals surface area contributed by atoms with Crippen LogP contribution in [0.15, 0.2) is 52.1 Å². The summed E-state index contributed by atoms with van der Waals surface area (Å²) in [6, 6.07) is 6.90. The number of ether oxygens (including phenoxy) is 1. The average Bonchev–Trinajstić information content (AvgIpc) is 3.01. The normalized spacial score (nSPS) is 12.2. The molecule has 28 heavy (non-hydrogen) atoms. The number of sulfone groups is 1. The summed E-state index contributed by atoms with van der Waals surface area (Å²) in [7, 11) is -4.11. The molecule has 0 amide bonds. The third-order valence-electron chi connectivity index (χ3n) is 3.72. The Balaban J connectivity index is 2.08. The fourth-order valence-electron chi connectivity index (χ4n) is 2.67. The second-order valence-corrected chi connectivity index (χ2v) is 8.51. The van der Waals surface area contributed by atoms with Gasteiger partial charge < -0.3 is 4.74 Å². The van der Waals surface area contributed by atoms with Crippen LogP contribution in [0.5, 0.6) is 5.75 Å². The zero-order chi connectivity index (χ0) is 20.7. The molecular formula is C18H11F5O3S2. The highest BCUT2D eigenvalue weighted by Crippen LogP contribution is 2.38. The van der Waals surface area contributed by atoms with E-state index in [4.69, 9.17) is 0 Å². The van der Waals surface area contributed by atoms with Gasteiger partial charge >= 0.3 is 6.36 Å². The number of hydrogen-bond acceptors (Lipinski definition) is 4. The highest BCUT2D eigenvalue weighted by molar-refractivity contribution is 7.90. The van der Waals surface area contributed by atoms with E-state index in [1.165, 1.54) is 23.5 Å². The Hall–Kier alpha value is -2.46. The summed E-state index contributed by atoms with van der Waals surface area (Å²) >= 11 is 1.17. The third-order valence-corrected chi connectivity index (χ3v) is 5.60. The van der Waals surface area contributed by atoms with Gasteiger partial charge in [-0.15, -0.1) is 13.2 Å². The van der Waals surface area contributed by atoms with Crippen LogP contribution in [0, 0.1) is 11.6 Å². The average molecular weight is 434 g/mol. The van der Waals surface area contributed by atoms with Crippen molar-refractivity contribution in [1.82, 2.24) is 0 Å². The van der Waals surface area contributed by atoms with Crippen LogP contribution >= 0.6 is 11.3 Å². The summed E-state index contributed by atoms with van der Waals surface area (Å²) in [5, 5.41) is 3.16. The number of hydrogen-bond donors (Lipinski definition) is 0. The molecule has 0 fully saturated rings. The fraction of sp³-hybridized carbons (Fsp3) is 0.111. The van der Waals surface area contributed by atoms with Gasteiger partial charge in [0.25, 0.3) is 0 Å². The van der Waals surface area contributed by atoms with E-state index in [0.29, 0.717) is 22.9 Å². The Morgan fingerprint density at radius 2 is 1.50 bits per heavy atom. The molecule has 0 aliphatic rings. The first kappa shape index (κ1) is 20.3. The topological polar surface area (TPSA) is 43.4 Å². The highest BCUT2D eigenvalue weighted by Gasteiger charge is 2.31. The van der Waals surface area contributed by atoms with Crippen molar-refractivity contribution in [3.8, 4) is 28.0 Å². The van der Waals surface area contributed by atoms with Gasteiger partial charge in [-0.1, -0.05) is 12.1 Å². The lowest BCUT2D eigenvalue weighted by Gasteiger charge is -2.11. The summed E-state index contributed by atoms with van der Waals surface area (Å²) < 4.78 is 92.7. The summed E-state index contributed by atoms with van der Waals surface area (Å²) in [6.07, 6.45) is -4.17. The van der Waals surface area contributed by atoms with Crippen LogP contribution in [0.25, 0.3) is 22.3 Å². The SMILES string of the molecule is CS(=O)(=O)c1c(F)cc(-c2cscc2-c2cccc(OC(F)(F)F)c2)cc1F. The second kappa shape index (κ2) is 7.17. The first-order valence-electron chi connectivity index (χ1n) is 7.57. The molecule has 0 aliphatic carbocycles. The van der Waals surface area contributed by atoms with E-state index in [9.17, 15) is 30.4 Å². The molecule has 0 saturated carbocycles. The standard InChI is InChI=1S/C18H11F5O3S2/c1-28(24,25)17-15(19)6-11(7-16(17)20)14-9-27-8-13(14)10-3-2-4-12(5-10)26-18(21,22)23/h2-9H,1H3. The van der Waals surface area contributed by atoms with E-state index in [0.717, 1.165) is 24.3 Å². The van der Waals surface area contributed by atoms with Gasteiger partial charge in [0.05, 0.1) is 0 Å². The van der Waals surface area contributed by atoms with Gasteiger partial charge in [0, 0.05) is 17.4 Å². The van der Waals surface area contributed by atoms with Crippen LogP contribution in [-0.4, -0.2) is 21.0 Å². The molecule has 3 nitrogen and oxygen atoms in total. The van der Waals surface area contributed by atoms with E-state index in [2.05, 4.69) is 4.74 Å². The largest absolute Gasteiger partial charge is 0.573 e. The maximum absolute atomic E-state index is 14.2. The maximum atomic E-state index is 14.2. The van der Waals surface area contributed by atoms with Crippen LogP contribution in [0.1, 0.15) is 0 Å². The van der Waals surface area contributed by atoms with Crippen molar-refractivity contribution >= 4 is 21.2 Å². The van der Waals surface area contributed by atoms with Crippen LogP contribution in [0.3, 0.4) is 0 Å². The Morgan fingerprint density at radius 1 is 0.929 bits per heavy atom. The molecule has 0 bridgehead atoms. The molecule has 10 heteroatoms. The molecule has 0 N–H and O–H groups in total. The van der Waals surface area contributed by atoms with Crippen molar-refractivity contribution in [1.29, 1.82) is 0 Å². The number of halogens is 5. The van der Waals surface area contributed by atoms with E-state index in [1.54, 1.807) is 10.8 Å². The van der Waals surface area contributed by atoms with Crippen LogP contribution in [0.2, 0.25) is 0 Å². The minimum atomic E-state index is -4.86. The lowest BCUT2D eigenvalue weighted by Crippen LogP contribution is -2.17. The van der Waals surface area contributed by atoms with E-state index >= 15 is 0 Å². The Labute approximate surface area is 160 Å². The molecule has 148 valence electrons. The predicted octanol–water partition coefficient (Wildman–Crippen LogP) is 5.66. The molecule has 0 saturated heterocycles. The molecule has 0 atom stereocenters. The van der Waals surface area contributed by atoms with Crippen molar-refractivity contribution in [2.75, 3.05) is 6.26 Å². The smallest absolute Gasteiger partial charge is 0.406 e. The van der Waals surface area contributed by atoms with Gasteiger partial charge in [-0.05, 0) is 46.2 Å². The quantitative estimate of drug-likeness (QED) is 0.498. The fourth-order valence-corrected chi connectivity index (χ4v) is 4.37. The second-order valence-electron chi connectivity index (χ2n) is 5.82. The monoisotopic (exact) mass is 434 g/mol. The van der Waals surface area contributed by atoms with Crippen molar-refractivity contribution in [3.63, 3.8) is 0 Å². The van der Waals surface area contributed by atoms with Crippen molar-refractivity contribution in [3.05, 3.63) is 58.8 Å². The lowest BCUT2D eigenvalue weighted by atomic mass is 9.99. The van der Waals surface area contributed by atoms with Crippen LogP contribution in [-0.2, 0) is 9.84 Å². The van der Waals surface area contributed by atoms with E-state index in [1.807, 2.05) is 0 Å². The molecule has 1 aromatic heterocycles. The first-order chi connectivity index (χ1) is 13.0. The summed E-state index contributed by atoms with van der Waals surface area (Å²) in [5.41, 5.74) is 1.15. The Morgan fingerprint density at radius 3 is 2.04 bits per heavy atom. The van der Waals surface area contributed by atoms with Crippen molar-refractivity contribution < 1.29 is 35.1 Å². The number of benzene rings is 2. The van der Waals surface area contributed by atoms with Crippen molar-refractivity contribution in [2.45, 2.75) is 11.3 Å². The van der Waals surface area contributed by atoms with Gasteiger partial charge in [-0.2, -0.15) is 11.3 Å². The van der Waals surface area contributed by atoms with Crippen LogP contribution < -0.4 is 4.74 Å². The number of thiophene rings is 1. The summed E-state index contributed by atoms with van der Waals surface area (Å²) in [4.78, 5) is -1.03. The zero-order valence-corrected chi connectivity index (χ0v) is 15.7. The van der Waals surface area contributed by atoms with Crippen molar-refractivity contribution in [2.24, 2.45) is 0 Å². The Kier molecular flexibility index (Phi) is 5.20. The minimum Gasteiger partial charge on any atom is -0.406 e. The first-order valence-corrected chi connectivity index (χ1v) is 10.4. The van der Waals surface area contributed by atoms with E-state index in [-0.39, 0.29) is 5.56 Å². The lowest BCUT2D eigenvalue weighted by molar-refractivity contribution is -0.274. The molecule has 0 radical (unpaired) electrons. The molecule has 0 unspecified atom stereocenters. The van der Waals surface area contributed by atoms with Gasteiger partial charge in [0.15, 0.2) is 9.84 Å². The van der Waals surface area contributed by atoms with Crippen LogP contribution in [0.4, 0.5) is 22.0 Å². The molecular weight excluding hydrogens is 423 g/mol. The highest BCUT2D eigenvalue weighted by atomic mass is 32.2. The Bertz CT molecular complexity index is 1110. The molecule has 1 heterocycles. The van der Waals surface area contributed by atoms with Gasteiger partial charge in [0.2, 0.25) is 0 Å². The molecule has 0 aliphatic heterocycles. The summed E-state index contributed by atoms with van der Waals surface area (Å²) in [5.74, 6) is -2.93. The molecule has 2 aromatic carbocycles. The van der Waals surface area contributed by atoms with Gasteiger partial charge in [-0.25, -0.2) is 17.2 Å².